The second-order valence-corrected chi connectivity index (χ2v) is 4.79. The van der Waals surface area contributed by atoms with Crippen LogP contribution in [-0.2, 0) is 6.42 Å². The predicted octanol–water partition coefficient (Wildman–Crippen LogP) is 2.20. The van der Waals surface area contributed by atoms with Crippen LogP contribution in [0.4, 0.5) is 0 Å². The number of rotatable bonds is 4. The van der Waals surface area contributed by atoms with Crippen molar-refractivity contribution >= 4 is 11.3 Å². The molecular weight excluding hydrogens is 218 g/mol. The Balaban J connectivity index is 2.16. The van der Waals surface area contributed by atoms with E-state index in [0.717, 1.165) is 12.1 Å². The highest BCUT2D eigenvalue weighted by Gasteiger charge is 2.12. The SMILES string of the molecule is Cc1ccnc(C(Cc2cccs2)NN)c1. The lowest BCUT2D eigenvalue weighted by Crippen LogP contribution is -2.30. The van der Waals surface area contributed by atoms with E-state index in [0.29, 0.717) is 0 Å². The number of nitrogens with zero attached hydrogens (tertiary/aromatic N) is 1. The van der Waals surface area contributed by atoms with Gasteiger partial charge in [0, 0.05) is 17.5 Å². The van der Waals surface area contributed by atoms with Crippen molar-refractivity contribution < 1.29 is 0 Å². The van der Waals surface area contributed by atoms with Gasteiger partial charge in [-0.25, -0.2) is 0 Å². The molecule has 2 aromatic rings. The van der Waals surface area contributed by atoms with Gasteiger partial charge in [-0.2, -0.15) is 0 Å². The number of hydrogen-bond acceptors (Lipinski definition) is 4. The summed E-state index contributed by atoms with van der Waals surface area (Å²) in [6.07, 6.45) is 2.70. The molecule has 84 valence electrons. The largest absolute Gasteiger partial charge is 0.271 e. The Bertz CT molecular complexity index is 439. The molecule has 0 spiro atoms. The fourth-order valence-electron chi connectivity index (χ4n) is 1.63. The summed E-state index contributed by atoms with van der Waals surface area (Å²) in [7, 11) is 0. The van der Waals surface area contributed by atoms with Gasteiger partial charge in [-0.15, -0.1) is 11.3 Å². The van der Waals surface area contributed by atoms with E-state index in [-0.39, 0.29) is 6.04 Å². The van der Waals surface area contributed by atoms with Gasteiger partial charge in [-0.1, -0.05) is 6.07 Å². The van der Waals surface area contributed by atoms with Gasteiger partial charge in [0.15, 0.2) is 0 Å². The van der Waals surface area contributed by atoms with Crippen LogP contribution in [0.1, 0.15) is 22.2 Å². The summed E-state index contributed by atoms with van der Waals surface area (Å²) < 4.78 is 0. The van der Waals surface area contributed by atoms with Crippen molar-refractivity contribution in [3.05, 3.63) is 52.0 Å². The van der Waals surface area contributed by atoms with Gasteiger partial charge in [0.25, 0.3) is 0 Å². The van der Waals surface area contributed by atoms with Crippen LogP contribution in [0.25, 0.3) is 0 Å². The summed E-state index contributed by atoms with van der Waals surface area (Å²) in [5, 5.41) is 2.08. The molecule has 1 atom stereocenters. The summed E-state index contributed by atoms with van der Waals surface area (Å²) >= 11 is 1.74. The summed E-state index contributed by atoms with van der Waals surface area (Å²) in [5.74, 6) is 5.59. The minimum atomic E-state index is 0.0820. The molecule has 0 aliphatic rings. The summed E-state index contributed by atoms with van der Waals surface area (Å²) in [6, 6.07) is 8.31. The second kappa shape index (κ2) is 5.21. The highest BCUT2D eigenvalue weighted by atomic mass is 32.1. The summed E-state index contributed by atoms with van der Waals surface area (Å²) in [5.41, 5.74) is 5.03. The molecule has 0 amide bonds. The number of pyridine rings is 1. The molecule has 3 nitrogen and oxygen atoms in total. The minimum absolute atomic E-state index is 0.0820. The Hall–Kier alpha value is -1.23. The summed E-state index contributed by atoms with van der Waals surface area (Å²) in [4.78, 5) is 5.66. The lowest BCUT2D eigenvalue weighted by atomic mass is 10.1. The standard InChI is InChI=1S/C12H15N3S/c1-9-4-5-14-11(7-9)12(15-13)8-10-3-2-6-16-10/h2-7,12,15H,8,13H2,1H3. The predicted molar refractivity (Wildman–Crippen MR) is 67.1 cm³/mol. The quantitative estimate of drug-likeness (QED) is 0.629. The third kappa shape index (κ3) is 2.66. The maximum Gasteiger partial charge on any atom is 0.0680 e. The molecule has 3 N–H and O–H groups in total. The molecule has 0 saturated carbocycles. The van der Waals surface area contributed by atoms with Crippen LogP contribution >= 0.6 is 11.3 Å². The third-order valence-electron chi connectivity index (χ3n) is 2.48. The highest BCUT2D eigenvalue weighted by molar-refractivity contribution is 7.09. The topological polar surface area (TPSA) is 50.9 Å². The first-order chi connectivity index (χ1) is 7.79. The summed E-state index contributed by atoms with van der Waals surface area (Å²) in [6.45, 7) is 2.06. The van der Waals surface area contributed by atoms with E-state index in [4.69, 9.17) is 5.84 Å². The lowest BCUT2D eigenvalue weighted by Gasteiger charge is -2.14. The Morgan fingerprint density at radius 1 is 1.50 bits per heavy atom. The molecule has 2 heterocycles. The van der Waals surface area contributed by atoms with Crippen LogP contribution in [0.15, 0.2) is 35.8 Å². The van der Waals surface area contributed by atoms with E-state index in [1.807, 2.05) is 12.3 Å². The van der Waals surface area contributed by atoms with Gasteiger partial charge in [0.1, 0.15) is 0 Å². The van der Waals surface area contributed by atoms with E-state index in [1.165, 1.54) is 10.4 Å². The molecule has 1 unspecified atom stereocenters. The van der Waals surface area contributed by atoms with Gasteiger partial charge in [0.2, 0.25) is 0 Å². The fourth-order valence-corrected chi connectivity index (χ4v) is 2.38. The Labute approximate surface area is 99.3 Å². The smallest absolute Gasteiger partial charge is 0.0680 e. The van der Waals surface area contributed by atoms with E-state index >= 15 is 0 Å². The number of nitrogens with two attached hydrogens (primary N) is 1. The molecule has 16 heavy (non-hydrogen) atoms. The molecule has 2 aromatic heterocycles. The number of hydrazine groups is 1. The van der Waals surface area contributed by atoms with Crippen molar-refractivity contribution in [3.8, 4) is 0 Å². The molecule has 0 saturated heterocycles. The Kier molecular flexibility index (Phi) is 3.66. The maximum atomic E-state index is 5.59. The van der Waals surface area contributed by atoms with Gasteiger partial charge in [-0.3, -0.25) is 16.3 Å². The van der Waals surface area contributed by atoms with Gasteiger partial charge >= 0.3 is 0 Å². The molecule has 0 bridgehead atoms. The van der Waals surface area contributed by atoms with Crippen molar-refractivity contribution in [2.75, 3.05) is 0 Å². The zero-order chi connectivity index (χ0) is 11.4. The molecule has 0 aliphatic carbocycles. The molecule has 4 heteroatoms. The molecule has 0 aliphatic heterocycles. The van der Waals surface area contributed by atoms with Crippen molar-refractivity contribution in [2.45, 2.75) is 19.4 Å². The molecule has 0 fully saturated rings. The van der Waals surface area contributed by atoms with Gasteiger partial charge in [0.05, 0.1) is 11.7 Å². The van der Waals surface area contributed by atoms with Crippen LogP contribution in [-0.4, -0.2) is 4.98 Å². The van der Waals surface area contributed by atoms with Crippen molar-refractivity contribution in [3.63, 3.8) is 0 Å². The average molecular weight is 233 g/mol. The first-order valence-electron chi connectivity index (χ1n) is 5.20. The average Bonchev–Trinajstić information content (AvgIpc) is 2.78. The Morgan fingerprint density at radius 3 is 3.00 bits per heavy atom. The fraction of sp³-hybridized carbons (Fsp3) is 0.250. The normalized spacial score (nSPS) is 12.6. The van der Waals surface area contributed by atoms with E-state index in [2.05, 4.69) is 40.9 Å². The molecule has 0 radical (unpaired) electrons. The zero-order valence-electron chi connectivity index (χ0n) is 9.18. The van der Waals surface area contributed by atoms with Crippen LogP contribution in [0.3, 0.4) is 0 Å². The first kappa shape index (κ1) is 11.3. The number of hydrogen-bond donors (Lipinski definition) is 2. The van der Waals surface area contributed by atoms with Crippen molar-refractivity contribution in [1.29, 1.82) is 0 Å². The maximum absolute atomic E-state index is 5.59. The van der Waals surface area contributed by atoms with Crippen LogP contribution < -0.4 is 11.3 Å². The lowest BCUT2D eigenvalue weighted by molar-refractivity contribution is 0.541. The van der Waals surface area contributed by atoms with Crippen molar-refractivity contribution in [2.24, 2.45) is 5.84 Å². The zero-order valence-corrected chi connectivity index (χ0v) is 10.00. The van der Waals surface area contributed by atoms with Crippen LogP contribution in [0.2, 0.25) is 0 Å². The molecule has 0 aromatic carbocycles. The van der Waals surface area contributed by atoms with E-state index < -0.39 is 0 Å². The van der Waals surface area contributed by atoms with Gasteiger partial charge in [-0.05, 0) is 36.1 Å². The van der Waals surface area contributed by atoms with Crippen molar-refractivity contribution in [1.82, 2.24) is 10.4 Å². The number of thiophene rings is 1. The monoisotopic (exact) mass is 233 g/mol. The van der Waals surface area contributed by atoms with E-state index in [1.54, 1.807) is 11.3 Å². The van der Waals surface area contributed by atoms with E-state index in [9.17, 15) is 0 Å². The minimum Gasteiger partial charge on any atom is -0.271 e. The van der Waals surface area contributed by atoms with Crippen LogP contribution in [0, 0.1) is 6.92 Å². The first-order valence-corrected chi connectivity index (χ1v) is 6.08. The highest BCUT2D eigenvalue weighted by Crippen LogP contribution is 2.19. The Morgan fingerprint density at radius 2 is 2.38 bits per heavy atom. The number of nitrogens with one attached hydrogen (secondary N) is 1. The number of aromatic nitrogens is 1. The number of aryl methyl sites for hydroxylation is 1. The van der Waals surface area contributed by atoms with Gasteiger partial charge < -0.3 is 0 Å². The van der Waals surface area contributed by atoms with Crippen LogP contribution in [0.5, 0.6) is 0 Å². The second-order valence-electron chi connectivity index (χ2n) is 3.76. The molecule has 2 rings (SSSR count). The third-order valence-corrected chi connectivity index (χ3v) is 3.38. The molecular formula is C12H15N3S.